The fraction of sp³-hybridized carbons (Fsp3) is 0.259. The highest BCUT2D eigenvalue weighted by Gasteiger charge is 2.36. The average molecular weight is 428 g/mol. The SMILES string of the molecule is CCOc1cc([C@@H]2C3=C(CCCC3=O)Nc3ccc4ccccc4c32)ccc1OC(C)=O. The van der Waals surface area contributed by atoms with Crippen LogP contribution >= 0.6 is 0 Å². The van der Waals surface area contributed by atoms with Gasteiger partial charge in [0.15, 0.2) is 17.3 Å². The number of benzene rings is 3. The van der Waals surface area contributed by atoms with Crippen molar-refractivity contribution < 1.29 is 19.1 Å². The molecule has 1 aliphatic heterocycles. The van der Waals surface area contributed by atoms with Crippen molar-refractivity contribution in [3.8, 4) is 11.5 Å². The van der Waals surface area contributed by atoms with Crippen molar-refractivity contribution in [2.75, 3.05) is 11.9 Å². The van der Waals surface area contributed by atoms with Crippen molar-refractivity contribution >= 4 is 28.2 Å². The van der Waals surface area contributed by atoms with Gasteiger partial charge in [0.25, 0.3) is 0 Å². The lowest BCUT2D eigenvalue weighted by Gasteiger charge is -2.35. The molecule has 0 aromatic heterocycles. The van der Waals surface area contributed by atoms with E-state index in [1.54, 1.807) is 6.07 Å². The second kappa shape index (κ2) is 8.15. The third-order valence-electron chi connectivity index (χ3n) is 6.14. The Bertz CT molecular complexity index is 1270. The number of hydrogen-bond acceptors (Lipinski definition) is 5. The zero-order chi connectivity index (χ0) is 22.2. The predicted octanol–water partition coefficient (Wildman–Crippen LogP) is 5.73. The Morgan fingerprint density at radius 3 is 2.72 bits per heavy atom. The summed E-state index contributed by atoms with van der Waals surface area (Å²) in [5, 5.41) is 5.81. The normalized spacial score (nSPS) is 17.4. The van der Waals surface area contributed by atoms with Crippen LogP contribution in [-0.4, -0.2) is 18.4 Å². The molecular formula is C27H25NO4. The Labute approximate surface area is 187 Å². The van der Waals surface area contributed by atoms with E-state index in [2.05, 4.69) is 29.6 Å². The average Bonchev–Trinajstić information content (AvgIpc) is 2.79. The van der Waals surface area contributed by atoms with Crippen LogP contribution in [0.4, 0.5) is 5.69 Å². The van der Waals surface area contributed by atoms with Gasteiger partial charge in [-0.2, -0.15) is 0 Å². The molecule has 0 fully saturated rings. The number of Topliss-reactive ketones (excluding diaryl/α,β-unsaturated/α-hetero) is 1. The summed E-state index contributed by atoms with van der Waals surface area (Å²) in [6.07, 6.45) is 2.27. The number of hydrogen-bond donors (Lipinski definition) is 1. The summed E-state index contributed by atoms with van der Waals surface area (Å²) in [5.41, 5.74) is 4.93. The van der Waals surface area contributed by atoms with Gasteiger partial charge in [0, 0.05) is 36.2 Å². The number of ether oxygens (including phenoxy) is 2. The number of esters is 1. The molecule has 32 heavy (non-hydrogen) atoms. The maximum atomic E-state index is 13.2. The van der Waals surface area contributed by atoms with E-state index in [0.29, 0.717) is 24.5 Å². The van der Waals surface area contributed by atoms with Crippen LogP contribution in [-0.2, 0) is 9.59 Å². The summed E-state index contributed by atoms with van der Waals surface area (Å²) in [7, 11) is 0. The molecule has 0 radical (unpaired) electrons. The Morgan fingerprint density at radius 2 is 1.91 bits per heavy atom. The largest absolute Gasteiger partial charge is 0.490 e. The Hall–Kier alpha value is -3.60. The first-order chi connectivity index (χ1) is 15.6. The number of fused-ring (bicyclic) bond motifs is 3. The highest BCUT2D eigenvalue weighted by molar-refractivity contribution is 6.04. The monoisotopic (exact) mass is 427 g/mol. The minimum Gasteiger partial charge on any atom is -0.490 e. The first kappa shape index (κ1) is 20.3. The van der Waals surface area contributed by atoms with Gasteiger partial charge < -0.3 is 14.8 Å². The molecule has 1 atom stereocenters. The fourth-order valence-electron chi connectivity index (χ4n) is 4.90. The van der Waals surface area contributed by atoms with Crippen molar-refractivity contribution in [2.24, 2.45) is 0 Å². The van der Waals surface area contributed by atoms with Crippen LogP contribution in [0.2, 0.25) is 0 Å². The fourth-order valence-corrected chi connectivity index (χ4v) is 4.90. The highest BCUT2D eigenvalue weighted by Crippen LogP contribution is 2.49. The van der Waals surface area contributed by atoms with Crippen LogP contribution in [0.25, 0.3) is 10.8 Å². The van der Waals surface area contributed by atoms with E-state index < -0.39 is 5.97 Å². The molecule has 0 spiro atoms. The van der Waals surface area contributed by atoms with Gasteiger partial charge in [0.05, 0.1) is 6.61 Å². The van der Waals surface area contributed by atoms with Crippen molar-refractivity contribution in [1.29, 1.82) is 0 Å². The van der Waals surface area contributed by atoms with E-state index in [1.165, 1.54) is 6.92 Å². The van der Waals surface area contributed by atoms with E-state index in [4.69, 9.17) is 9.47 Å². The minimum absolute atomic E-state index is 0.185. The van der Waals surface area contributed by atoms with Crippen LogP contribution in [0.15, 0.2) is 65.9 Å². The summed E-state index contributed by atoms with van der Waals surface area (Å²) < 4.78 is 11.2. The van der Waals surface area contributed by atoms with E-state index in [1.807, 2.05) is 31.2 Å². The molecule has 0 saturated carbocycles. The van der Waals surface area contributed by atoms with Gasteiger partial charge in [-0.25, -0.2) is 0 Å². The van der Waals surface area contributed by atoms with Gasteiger partial charge in [-0.1, -0.05) is 36.4 Å². The lowest BCUT2D eigenvalue weighted by atomic mass is 9.74. The number of carbonyl (C=O) groups is 2. The molecule has 5 rings (SSSR count). The molecule has 0 saturated heterocycles. The molecule has 0 bridgehead atoms. The summed E-state index contributed by atoms with van der Waals surface area (Å²) in [4.78, 5) is 24.7. The molecule has 1 N–H and O–H groups in total. The lowest BCUT2D eigenvalue weighted by Crippen LogP contribution is -2.27. The van der Waals surface area contributed by atoms with Crippen molar-refractivity contribution in [2.45, 2.75) is 39.0 Å². The lowest BCUT2D eigenvalue weighted by molar-refractivity contribution is -0.132. The van der Waals surface area contributed by atoms with E-state index in [9.17, 15) is 9.59 Å². The molecule has 5 nitrogen and oxygen atoms in total. The summed E-state index contributed by atoms with van der Waals surface area (Å²) in [6.45, 7) is 3.70. The quantitative estimate of drug-likeness (QED) is 0.426. The minimum atomic E-state index is -0.399. The number of ketones is 1. The first-order valence-corrected chi connectivity index (χ1v) is 11.1. The number of nitrogens with one attached hydrogen (secondary N) is 1. The molecule has 1 aliphatic carbocycles. The molecule has 2 aliphatic rings. The Balaban J connectivity index is 1.75. The van der Waals surface area contributed by atoms with Crippen molar-refractivity contribution in [1.82, 2.24) is 0 Å². The van der Waals surface area contributed by atoms with E-state index in [-0.39, 0.29) is 11.7 Å². The number of carbonyl (C=O) groups excluding carboxylic acids is 2. The van der Waals surface area contributed by atoms with Gasteiger partial charge in [0.2, 0.25) is 0 Å². The van der Waals surface area contributed by atoms with Crippen LogP contribution in [0, 0.1) is 0 Å². The predicted molar refractivity (Wildman–Crippen MR) is 124 cm³/mol. The third kappa shape index (κ3) is 3.44. The second-order valence-corrected chi connectivity index (χ2v) is 8.21. The summed E-state index contributed by atoms with van der Waals surface area (Å²) in [6, 6.07) is 18.1. The maximum Gasteiger partial charge on any atom is 0.308 e. The zero-order valence-corrected chi connectivity index (χ0v) is 18.2. The summed E-state index contributed by atoms with van der Waals surface area (Å²) >= 11 is 0. The van der Waals surface area contributed by atoms with Crippen LogP contribution in [0.5, 0.6) is 11.5 Å². The van der Waals surface area contributed by atoms with Gasteiger partial charge in [0.1, 0.15) is 0 Å². The number of anilines is 1. The number of rotatable bonds is 4. The maximum absolute atomic E-state index is 13.2. The van der Waals surface area contributed by atoms with Gasteiger partial charge in [-0.05, 0) is 59.9 Å². The highest BCUT2D eigenvalue weighted by atomic mass is 16.6. The topological polar surface area (TPSA) is 64.6 Å². The molecule has 0 unspecified atom stereocenters. The third-order valence-corrected chi connectivity index (χ3v) is 6.14. The number of allylic oxidation sites excluding steroid dienone is 2. The Morgan fingerprint density at radius 1 is 1.06 bits per heavy atom. The molecule has 3 aromatic rings. The van der Waals surface area contributed by atoms with Gasteiger partial charge in [-0.3, -0.25) is 9.59 Å². The first-order valence-electron chi connectivity index (χ1n) is 11.1. The van der Waals surface area contributed by atoms with Gasteiger partial charge in [-0.15, -0.1) is 0 Å². The van der Waals surface area contributed by atoms with Crippen LogP contribution < -0.4 is 14.8 Å². The smallest absolute Gasteiger partial charge is 0.308 e. The van der Waals surface area contributed by atoms with Crippen molar-refractivity contribution in [3.63, 3.8) is 0 Å². The molecular weight excluding hydrogens is 402 g/mol. The van der Waals surface area contributed by atoms with Crippen molar-refractivity contribution in [3.05, 3.63) is 77.0 Å². The Kier molecular flexibility index (Phi) is 5.17. The zero-order valence-electron chi connectivity index (χ0n) is 18.2. The summed E-state index contributed by atoms with van der Waals surface area (Å²) in [5.74, 6) is 0.463. The molecule has 3 aromatic carbocycles. The standard InChI is InChI=1S/C27H25NO4/c1-3-31-24-15-18(12-14-23(24)32-16(2)29)25-26-19-8-5-4-7-17(19)11-13-21(26)28-20-9-6-10-22(30)27(20)25/h4-5,7-8,11-15,25,28H,3,6,9-10H2,1-2H3/t25-/m0/s1. The second-order valence-electron chi connectivity index (χ2n) is 8.21. The van der Waals surface area contributed by atoms with E-state index in [0.717, 1.165) is 51.7 Å². The molecule has 5 heteroatoms. The molecule has 0 amide bonds. The van der Waals surface area contributed by atoms with Crippen LogP contribution in [0.3, 0.4) is 0 Å². The molecule has 1 heterocycles. The van der Waals surface area contributed by atoms with Crippen LogP contribution in [0.1, 0.15) is 50.2 Å². The molecule has 162 valence electrons. The van der Waals surface area contributed by atoms with Gasteiger partial charge >= 0.3 is 5.97 Å². The van der Waals surface area contributed by atoms with E-state index >= 15 is 0 Å².